The summed E-state index contributed by atoms with van der Waals surface area (Å²) in [7, 11) is 0. The summed E-state index contributed by atoms with van der Waals surface area (Å²) in [4.78, 5) is 10.4. The minimum atomic E-state index is -0.0243. The molecule has 0 aromatic heterocycles. The van der Waals surface area contributed by atoms with E-state index in [1.807, 2.05) is 0 Å². The Labute approximate surface area is 47.4 Å². The number of hydrogen-bond donors (Lipinski definition) is 3. The molecule has 1 heterocycles. The largest absolute Gasteiger partial charge is 0.326 e. The van der Waals surface area contributed by atoms with E-state index in [2.05, 4.69) is 10.9 Å². The Morgan fingerprint density at radius 1 is 1.75 bits per heavy atom. The topological polar surface area (TPSA) is 67.2 Å². The highest BCUT2D eigenvalue weighted by atomic mass is 16.2. The predicted octanol–water partition coefficient (Wildman–Crippen LogP) is -1.66. The van der Waals surface area contributed by atoms with Gasteiger partial charge in [0.05, 0.1) is 0 Å². The molecule has 46 valence electrons. The summed E-state index contributed by atoms with van der Waals surface area (Å²) in [5.41, 5.74) is 10.5. The molecule has 1 aliphatic rings. The van der Waals surface area contributed by atoms with Gasteiger partial charge in [0.2, 0.25) is 5.91 Å². The second-order valence-electron chi connectivity index (χ2n) is 1.89. The first-order valence-corrected chi connectivity index (χ1v) is 2.56. The number of hydrogen-bond acceptors (Lipinski definition) is 3. The van der Waals surface area contributed by atoms with Crippen molar-refractivity contribution in [1.82, 2.24) is 10.9 Å². The van der Waals surface area contributed by atoms with Crippen LogP contribution in [0, 0.1) is 0 Å². The molecule has 0 aromatic carbocycles. The van der Waals surface area contributed by atoms with E-state index >= 15 is 0 Å². The van der Waals surface area contributed by atoms with E-state index in [0.29, 0.717) is 13.0 Å². The summed E-state index contributed by atoms with van der Waals surface area (Å²) in [6, 6.07) is -0.0104. The van der Waals surface area contributed by atoms with Crippen LogP contribution in [0.5, 0.6) is 0 Å². The molecule has 1 rings (SSSR count). The molecule has 4 heteroatoms. The molecule has 0 aliphatic carbocycles. The van der Waals surface area contributed by atoms with Gasteiger partial charge in [-0.15, -0.1) is 0 Å². The van der Waals surface area contributed by atoms with Crippen molar-refractivity contribution in [2.45, 2.75) is 12.5 Å². The number of nitrogens with two attached hydrogens (primary N) is 1. The summed E-state index contributed by atoms with van der Waals surface area (Å²) in [6.07, 6.45) is 0.438. The minimum absolute atomic E-state index is 0.0104. The average Bonchev–Trinajstić information content (AvgIpc) is 1.64. The van der Waals surface area contributed by atoms with Crippen LogP contribution in [0.2, 0.25) is 0 Å². The molecular formula is C4H9N3O. The fourth-order valence-corrected chi connectivity index (χ4v) is 0.642. The number of amides is 1. The Morgan fingerprint density at radius 2 is 2.50 bits per heavy atom. The van der Waals surface area contributed by atoms with Gasteiger partial charge in [-0.05, 0) is 0 Å². The monoisotopic (exact) mass is 115 g/mol. The SMILES string of the molecule is NC1CNNC(=O)C1. The third kappa shape index (κ3) is 1.18. The molecule has 1 amide bonds. The molecule has 0 radical (unpaired) electrons. The van der Waals surface area contributed by atoms with Gasteiger partial charge < -0.3 is 5.73 Å². The molecular weight excluding hydrogens is 106 g/mol. The van der Waals surface area contributed by atoms with E-state index < -0.39 is 0 Å². The number of rotatable bonds is 0. The summed E-state index contributed by atoms with van der Waals surface area (Å²) in [6.45, 7) is 0.672. The lowest BCUT2D eigenvalue weighted by Crippen LogP contribution is -2.52. The van der Waals surface area contributed by atoms with Crippen molar-refractivity contribution in [2.24, 2.45) is 5.73 Å². The molecule has 1 atom stereocenters. The van der Waals surface area contributed by atoms with Crippen LogP contribution in [-0.4, -0.2) is 18.5 Å². The van der Waals surface area contributed by atoms with Crippen molar-refractivity contribution in [3.8, 4) is 0 Å². The lowest BCUT2D eigenvalue weighted by atomic mass is 10.2. The van der Waals surface area contributed by atoms with E-state index in [4.69, 9.17) is 5.73 Å². The Hall–Kier alpha value is -0.610. The van der Waals surface area contributed by atoms with Crippen LogP contribution >= 0.6 is 0 Å². The predicted molar refractivity (Wildman–Crippen MR) is 28.7 cm³/mol. The number of hydrazine groups is 1. The molecule has 1 unspecified atom stereocenters. The molecule has 0 saturated carbocycles. The van der Waals surface area contributed by atoms with E-state index in [1.165, 1.54) is 0 Å². The first-order chi connectivity index (χ1) is 3.79. The Kier molecular flexibility index (Phi) is 1.45. The summed E-state index contributed by atoms with van der Waals surface area (Å²) >= 11 is 0. The summed E-state index contributed by atoms with van der Waals surface area (Å²) in [5, 5.41) is 0. The second-order valence-corrected chi connectivity index (χ2v) is 1.89. The van der Waals surface area contributed by atoms with Crippen molar-refractivity contribution < 1.29 is 4.79 Å². The average molecular weight is 115 g/mol. The van der Waals surface area contributed by atoms with Gasteiger partial charge in [-0.2, -0.15) is 0 Å². The Bertz CT molecular complexity index is 103. The summed E-state index contributed by atoms with van der Waals surface area (Å²) in [5.74, 6) is -0.0243. The smallest absolute Gasteiger partial charge is 0.235 e. The maximum absolute atomic E-state index is 10.4. The van der Waals surface area contributed by atoms with Crippen LogP contribution in [0.4, 0.5) is 0 Å². The van der Waals surface area contributed by atoms with Crippen LogP contribution in [0.3, 0.4) is 0 Å². The molecule has 4 nitrogen and oxygen atoms in total. The molecule has 0 aromatic rings. The zero-order valence-electron chi connectivity index (χ0n) is 4.48. The van der Waals surface area contributed by atoms with Gasteiger partial charge in [0.15, 0.2) is 0 Å². The van der Waals surface area contributed by atoms with Crippen molar-refractivity contribution in [3.63, 3.8) is 0 Å². The van der Waals surface area contributed by atoms with Gasteiger partial charge in [-0.25, -0.2) is 5.43 Å². The fourth-order valence-electron chi connectivity index (χ4n) is 0.642. The minimum Gasteiger partial charge on any atom is -0.326 e. The lowest BCUT2D eigenvalue weighted by Gasteiger charge is -2.18. The lowest BCUT2D eigenvalue weighted by molar-refractivity contribution is -0.123. The van der Waals surface area contributed by atoms with Crippen molar-refractivity contribution in [2.75, 3.05) is 6.54 Å². The highest BCUT2D eigenvalue weighted by Crippen LogP contribution is 1.88. The molecule has 4 N–H and O–H groups in total. The first-order valence-electron chi connectivity index (χ1n) is 2.56. The maximum Gasteiger partial charge on any atom is 0.235 e. The van der Waals surface area contributed by atoms with Gasteiger partial charge in [0, 0.05) is 19.0 Å². The number of carbonyl (C=O) groups excluding carboxylic acids is 1. The standard InChI is InChI=1S/C4H9N3O/c5-3-1-4(8)7-6-2-3/h3,6H,1-2,5H2,(H,7,8). The van der Waals surface area contributed by atoms with E-state index in [1.54, 1.807) is 0 Å². The molecule has 0 spiro atoms. The highest BCUT2D eigenvalue weighted by molar-refractivity contribution is 5.76. The molecule has 8 heavy (non-hydrogen) atoms. The normalized spacial score (nSPS) is 29.6. The molecule has 0 bridgehead atoms. The molecule has 1 fully saturated rings. The Balaban J connectivity index is 2.34. The van der Waals surface area contributed by atoms with Crippen LogP contribution in [0.15, 0.2) is 0 Å². The van der Waals surface area contributed by atoms with Crippen LogP contribution in [-0.2, 0) is 4.79 Å². The maximum atomic E-state index is 10.4. The third-order valence-corrected chi connectivity index (χ3v) is 1.04. The van der Waals surface area contributed by atoms with Gasteiger partial charge in [-0.3, -0.25) is 10.2 Å². The van der Waals surface area contributed by atoms with Gasteiger partial charge in [0.25, 0.3) is 0 Å². The fraction of sp³-hybridized carbons (Fsp3) is 0.750. The Morgan fingerprint density at radius 3 is 2.88 bits per heavy atom. The van der Waals surface area contributed by atoms with Gasteiger partial charge in [0.1, 0.15) is 0 Å². The first kappa shape index (κ1) is 5.53. The molecule has 1 aliphatic heterocycles. The van der Waals surface area contributed by atoms with E-state index in [0.717, 1.165) is 0 Å². The second kappa shape index (κ2) is 2.11. The third-order valence-electron chi connectivity index (χ3n) is 1.04. The van der Waals surface area contributed by atoms with Gasteiger partial charge >= 0.3 is 0 Å². The van der Waals surface area contributed by atoms with Crippen LogP contribution in [0.1, 0.15) is 6.42 Å². The van der Waals surface area contributed by atoms with Crippen molar-refractivity contribution >= 4 is 5.91 Å². The highest BCUT2D eigenvalue weighted by Gasteiger charge is 2.13. The zero-order valence-corrected chi connectivity index (χ0v) is 4.48. The molecule has 1 saturated heterocycles. The van der Waals surface area contributed by atoms with Crippen molar-refractivity contribution in [3.05, 3.63) is 0 Å². The van der Waals surface area contributed by atoms with Crippen LogP contribution < -0.4 is 16.6 Å². The van der Waals surface area contributed by atoms with E-state index in [-0.39, 0.29) is 11.9 Å². The number of nitrogens with one attached hydrogen (secondary N) is 2. The number of carbonyl (C=O) groups is 1. The quantitative estimate of drug-likeness (QED) is 0.354. The van der Waals surface area contributed by atoms with Crippen molar-refractivity contribution in [1.29, 1.82) is 0 Å². The van der Waals surface area contributed by atoms with Gasteiger partial charge in [-0.1, -0.05) is 0 Å². The zero-order chi connectivity index (χ0) is 5.98. The summed E-state index contributed by atoms with van der Waals surface area (Å²) < 4.78 is 0. The van der Waals surface area contributed by atoms with E-state index in [9.17, 15) is 4.79 Å². The van der Waals surface area contributed by atoms with Crippen LogP contribution in [0.25, 0.3) is 0 Å².